The molecule has 3 aromatic rings. The molecule has 1 atom stereocenters. The van der Waals surface area contributed by atoms with Crippen LogP contribution in [0.3, 0.4) is 0 Å². The monoisotopic (exact) mass is 514 g/mol. The van der Waals surface area contributed by atoms with Crippen molar-refractivity contribution in [1.29, 1.82) is 0 Å². The number of anilines is 1. The van der Waals surface area contributed by atoms with Crippen LogP contribution in [0, 0.1) is 11.6 Å². The second-order valence-corrected chi connectivity index (χ2v) is 9.63. The largest absolute Gasteiger partial charge is 0.497 e. The van der Waals surface area contributed by atoms with Crippen molar-refractivity contribution in [2.75, 3.05) is 25.2 Å². The molecule has 2 aromatic carbocycles. The first kappa shape index (κ1) is 26.1. The van der Waals surface area contributed by atoms with E-state index in [0.29, 0.717) is 23.2 Å². The van der Waals surface area contributed by atoms with Gasteiger partial charge in [-0.2, -0.15) is 9.78 Å². The fourth-order valence-electron chi connectivity index (χ4n) is 4.08. The van der Waals surface area contributed by atoms with Gasteiger partial charge in [0, 0.05) is 29.9 Å². The van der Waals surface area contributed by atoms with E-state index < -0.39 is 42.0 Å². The van der Waals surface area contributed by atoms with Gasteiger partial charge in [0.15, 0.2) is 0 Å². The predicted octanol–water partition coefficient (Wildman–Crippen LogP) is 4.43. The van der Waals surface area contributed by atoms with Crippen molar-refractivity contribution in [3.63, 3.8) is 0 Å². The molecule has 4 rings (SSSR count). The molecule has 0 bridgehead atoms. The Kier molecular flexibility index (Phi) is 7.17. The second-order valence-electron chi connectivity index (χ2n) is 9.63. The van der Waals surface area contributed by atoms with Gasteiger partial charge in [-0.25, -0.2) is 18.4 Å². The fourth-order valence-corrected chi connectivity index (χ4v) is 4.08. The molecule has 11 heteroatoms. The van der Waals surface area contributed by atoms with Gasteiger partial charge in [0.25, 0.3) is 0 Å². The van der Waals surface area contributed by atoms with Crippen LogP contribution in [0.4, 0.5) is 24.1 Å². The maximum absolute atomic E-state index is 15.2. The Bertz CT molecular complexity index is 1330. The molecule has 1 aliphatic rings. The van der Waals surface area contributed by atoms with Crippen molar-refractivity contribution in [2.24, 2.45) is 0 Å². The summed E-state index contributed by atoms with van der Waals surface area (Å²) < 4.78 is 40.4. The van der Waals surface area contributed by atoms with Crippen molar-refractivity contribution < 1.29 is 33.0 Å². The third kappa shape index (κ3) is 5.72. The number of amides is 2. The molecule has 0 aliphatic carbocycles. The molecule has 2 amide bonds. The number of nitrogens with zero attached hydrogens (tertiary/aromatic N) is 3. The molecule has 0 saturated carbocycles. The highest BCUT2D eigenvalue weighted by atomic mass is 19.1. The Morgan fingerprint density at radius 1 is 1.19 bits per heavy atom. The number of halogens is 2. The summed E-state index contributed by atoms with van der Waals surface area (Å²) in [5, 5.41) is 16.5. The molecule has 0 saturated heterocycles. The number of carbonyl (C=O) groups excluding carboxylic acids is 2. The van der Waals surface area contributed by atoms with E-state index in [2.05, 4.69) is 10.4 Å². The van der Waals surface area contributed by atoms with Crippen molar-refractivity contribution in [2.45, 2.75) is 38.8 Å². The standard InChI is InChI=1S/C26H28F2N4O5/c1-26(2,3)37-25(35)32-13-17(12-29-32)20-9-15-5-6-31(23(15)11-21(20)28)24(34)30-22(14-33)16-7-18(27)10-19(8-16)36-4/h7-13,22,33H,5-6,14H2,1-4H3,(H,30,34)/t22-/m1/s1. The number of urea groups is 1. The van der Waals surface area contributed by atoms with E-state index in [1.54, 1.807) is 26.8 Å². The normalized spacial score (nSPS) is 13.8. The van der Waals surface area contributed by atoms with Crippen molar-refractivity contribution in [3.8, 4) is 16.9 Å². The number of benzene rings is 2. The molecule has 9 nitrogen and oxygen atoms in total. The van der Waals surface area contributed by atoms with Crippen LogP contribution in [-0.4, -0.2) is 52.9 Å². The number of methoxy groups -OCH3 is 1. The zero-order valence-corrected chi connectivity index (χ0v) is 20.9. The summed E-state index contributed by atoms with van der Waals surface area (Å²) in [6.07, 6.45) is 2.54. The van der Waals surface area contributed by atoms with E-state index in [9.17, 15) is 19.1 Å². The van der Waals surface area contributed by atoms with E-state index >= 15 is 4.39 Å². The number of aliphatic hydroxyl groups is 1. The Balaban J connectivity index is 1.54. The van der Waals surface area contributed by atoms with Crippen LogP contribution in [0.2, 0.25) is 0 Å². The lowest BCUT2D eigenvalue weighted by atomic mass is 10.0. The molecule has 196 valence electrons. The number of rotatable bonds is 5. The molecule has 37 heavy (non-hydrogen) atoms. The van der Waals surface area contributed by atoms with E-state index in [1.807, 2.05) is 0 Å². The van der Waals surface area contributed by atoms with Crippen molar-refractivity contribution in [1.82, 2.24) is 15.1 Å². The Morgan fingerprint density at radius 3 is 2.62 bits per heavy atom. The van der Waals surface area contributed by atoms with E-state index in [-0.39, 0.29) is 17.9 Å². The molecular weight excluding hydrogens is 486 g/mol. The number of nitrogens with one attached hydrogen (secondary N) is 1. The lowest BCUT2D eigenvalue weighted by molar-refractivity contribution is 0.0514. The summed E-state index contributed by atoms with van der Waals surface area (Å²) in [7, 11) is 1.39. The minimum atomic E-state index is -0.899. The first-order valence-electron chi connectivity index (χ1n) is 11.6. The molecule has 2 heterocycles. The zero-order valence-electron chi connectivity index (χ0n) is 20.9. The van der Waals surface area contributed by atoms with Gasteiger partial charge in [-0.05, 0) is 62.6 Å². The topological polar surface area (TPSA) is 106 Å². The summed E-state index contributed by atoms with van der Waals surface area (Å²) in [6, 6.07) is 5.32. The first-order chi connectivity index (χ1) is 17.5. The van der Waals surface area contributed by atoms with Gasteiger partial charge < -0.3 is 19.9 Å². The molecular formula is C26H28F2N4O5. The van der Waals surface area contributed by atoms with E-state index in [1.165, 1.54) is 48.7 Å². The van der Waals surface area contributed by atoms with Crippen molar-refractivity contribution >= 4 is 17.8 Å². The van der Waals surface area contributed by atoms with Gasteiger partial charge >= 0.3 is 12.1 Å². The molecule has 1 aliphatic heterocycles. The molecule has 0 unspecified atom stereocenters. The third-order valence-electron chi connectivity index (χ3n) is 5.80. The van der Waals surface area contributed by atoms with Gasteiger partial charge in [0.05, 0.1) is 31.6 Å². The zero-order chi connectivity index (χ0) is 26.9. The van der Waals surface area contributed by atoms with Gasteiger partial charge in [0.2, 0.25) is 0 Å². The molecule has 0 spiro atoms. The van der Waals surface area contributed by atoms with Crippen molar-refractivity contribution in [3.05, 3.63) is 65.5 Å². The summed E-state index contributed by atoms with van der Waals surface area (Å²) in [4.78, 5) is 26.7. The highest BCUT2D eigenvalue weighted by Gasteiger charge is 2.29. The number of ether oxygens (including phenoxy) is 2. The van der Waals surface area contributed by atoms with Gasteiger partial charge in [-0.15, -0.1) is 0 Å². The Labute approximate surface area is 212 Å². The van der Waals surface area contributed by atoms with E-state index in [4.69, 9.17) is 9.47 Å². The first-order valence-corrected chi connectivity index (χ1v) is 11.6. The number of carbonyl (C=O) groups is 2. The van der Waals surface area contributed by atoms with Crippen LogP contribution in [0.1, 0.15) is 37.9 Å². The third-order valence-corrected chi connectivity index (χ3v) is 5.80. The van der Waals surface area contributed by atoms with Crippen LogP contribution < -0.4 is 15.0 Å². The average molecular weight is 515 g/mol. The SMILES string of the molecule is COc1cc(F)cc([C@@H](CO)NC(=O)N2CCc3cc(-c4cnn(C(=O)OC(C)(C)C)c4)c(F)cc32)c1. The number of hydrogen-bond donors (Lipinski definition) is 2. The summed E-state index contributed by atoms with van der Waals surface area (Å²) >= 11 is 0. The minimum absolute atomic E-state index is 0.232. The molecule has 2 N–H and O–H groups in total. The van der Waals surface area contributed by atoms with E-state index in [0.717, 1.165) is 10.2 Å². The summed E-state index contributed by atoms with van der Waals surface area (Å²) in [6.45, 7) is 5.00. The lowest BCUT2D eigenvalue weighted by Gasteiger charge is -2.23. The van der Waals surface area contributed by atoms with Gasteiger partial charge in [0.1, 0.15) is 23.0 Å². The fraction of sp³-hybridized carbons (Fsp3) is 0.346. The summed E-state index contributed by atoms with van der Waals surface area (Å²) in [5.74, 6) is -0.923. The van der Waals surface area contributed by atoms with Crippen LogP contribution in [0.25, 0.3) is 11.1 Å². The number of aromatic nitrogens is 2. The highest BCUT2D eigenvalue weighted by molar-refractivity contribution is 5.95. The number of aliphatic hydroxyl groups excluding tert-OH is 1. The molecule has 0 radical (unpaired) electrons. The van der Waals surface area contributed by atoms with Crippen LogP contribution in [0.5, 0.6) is 5.75 Å². The quantitative estimate of drug-likeness (QED) is 0.522. The maximum Gasteiger partial charge on any atom is 0.435 e. The summed E-state index contributed by atoms with van der Waals surface area (Å²) in [5.41, 5.74) is 1.35. The van der Waals surface area contributed by atoms with Gasteiger partial charge in [-0.3, -0.25) is 4.90 Å². The van der Waals surface area contributed by atoms with Gasteiger partial charge in [-0.1, -0.05) is 0 Å². The minimum Gasteiger partial charge on any atom is -0.497 e. The predicted molar refractivity (Wildman–Crippen MR) is 132 cm³/mol. The number of fused-ring (bicyclic) bond motifs is 1. The van der Waals surface area contributed by atoms with Crippen LogP contribution in [-0.2, 0) is 11.2 Å². The molecule has 0 fully saturated rings. The highest BCUT2D eigenvalue weighted by Crippen LogP contribution is 2.35. The second kappa shape index (κ2) is 10.2. The van der Waals surface area contributed by atoms with Crippen LogP contribution in [0.15, 0.2) is 42.7 Å². The average Bonchev–Trinajstić information content (AvgIpc) is 3.47. The van der Waals surface area contributed by atoms with Crippen LogP contribution >= 0.6 is 0 Å². The number of hydrogen-bond acceptors (Lipinski definition) is 6. The smallest absolute Gasteiger partial charge is 0.435 e. The Morgan fingerprint density at radius 2 is 1.95 bits per heavy atom. The maximum atomic E-state index is 15.2. The Hall–Kier alpha value is -3.99. The lowest BCUT2D eigenvalue weighted by Crippen LogP contribution is -2.42. The molecule has 1 aromatic heterocycles.